The lowest BCUT2D eigenvalue weighted by atomic mass is 9.93. The van der Waals surface area contributed by atoms with Gasteiger partial charge in [0, 0.05) is 60.3 Å². The maximum atomic E-state index is 12.7. The van der Waals surface area contributed by atoms with E-state index in [4.69, 9.17) is 0 Å². The lowest BCUT2D eigenvalue weighted by Crippen LogP contribution is -2.24. The van der Waals surface area contributed by atoms with Crippen LogP contribution in [-0.2, 0) is 18.4 Å². The van der Waals surface area contributed by atoms with Crippen LogP contribution in [0.5, 0.6) is 0 Å². The predicted molar refractivity (Wildman–Crippen MR) is 110 cm³/mol. The van der Waals surface area contributed by atoms with Crippen molar-refractivity contribution in [2.24, 2.45) is 7.05 Å². The van der Waals surface area contributed by atoms with Gasteiger partial charge in [-0.2, -0.15) is 0 Å². The summed E-state index contributed by atoms with van der Waals surface area (Å²) in [5, 5.41) is 6.31. The molecule has 5 heteroatoms. The summed E-state index contributed by atoms with van der Waals surface area (Å²) in [4.78, 5) is 18.0. The summed E-state index contributed by atoms with van der Waals surface area (Å²) in [6.07, 6.45) is 6.10. The van der Waals surface area contributed by atoms with Gasteiger partial charge in [0.05, 0.1) is 0 Å². The molecule has 0 saturated heterocycles. The quantitative estimate of drug-likeness (QED) is 0.540. The van der Waals surface area contributed by atoms with Crippen molar-refractivity contribution >= 4 is 28.1 Å². The molecule has 0 fully saturated rings. The molecule has 1 unspecified atom stereocenters. The lowest BCUT2D eigenvalue weighted by molar-refractivity contribution is -0.121. The monoisotopic (exact) mass is 375 g/mol. The fourth-order valence-corrected chi connectivity index (χ4v) is 4.31. The van der Waals surface area contributed by atoms with Crippen molar-refractivity contribution in [1.82, 2.24) is 14.9 Å². The zero-order valence-electron chi connectivity index (χ0n) is 15.1. The highest BCUT2D eigenvalue weighted by Crippen LogP contribution is 2.36. The number of nitrogens with zero attached hydrogens (tertiary/aromatic N) is 2. The Bertz CT molecular complexity index is 1040. The van der Waals surface area contributed by atoms with Crippen LogP contribution in [0.3, 0.4) is 0 Å². The minimum Gasteiger partial charge on any atom is -0.352 e. The Balaban J connectivity index is 1.59. The standard InChI is InChI=1S/C22H21N3OS/c1-25-15-19(17-7-2-3-8-20(17)25)18(21-9-5-11-27-21)12-22(26)24-14-16-6-4-10-23-13-16/h2-11,13,15,18H,12,14H2,1H3,(H,24,26). The van der Waals surface area contributed by atoms with Crippen molar-refractivity contribution in [3.05, 3.63) is 88.5 Å². The number of para-hydroxylation sites is 1. The minimum atomic E-state index is 0.0463. The second-order valence-corrected chi connectivity index (χ2v) is 7.60. The number of pyridine rings is 1. The van der Waals surface area contributed by atoms with Crippen LogP contribution in [0.1, 0.15) is 28.3 Å². The molecule has 0 aliphatic carbocycles. The number of thiophene rings is 1. The van der Waals surface area contributed by atoms with E-state index in [0.717, 1.165) is 5.56 Å². The van der Waals surface area contributed by atoms with Crippen molar-refractivity contribution in [3.63, 3.8) is 0 Å². The number of hydrogen-bond donors (Lipinski definition) is 1. The van der Waals surface area contributed by atoms with Crippen LogP contribution in [-0.4, -0.2) is 15.5 Å². The smallest absolute Gasteiger partial charge is 0.221 e. The Morgan fingerprint density at radius 2 is 2.07 bits per heavy atom. The minimum absolute atomic E-state index is 0.0463. The number of hydrogen-bond acceptors (Lipinski definition) is 3. The maximum absolute atomic E-state index is 12.7. The number of rotatable bonds is 6. The summed E-state index contributed by atoms with van der Waals surface area (Å²) in [5.74, 6) is 0.0928. The number of nitrogens with one attached hydrogen (secondary N) is 1. The highest BCUT2D eigenvalue weighted by Gasteiger charge is 2.23. The molecular formula is C22H21N3OS. The summed E-state index contributed by atoms with van der Waals surface area (Å²) in [7, 11) is 2.06. The fraction of sp³-hybridized carbons (Fsp3) is 0.182. The van der Waals surface area contributed by atoms with Gasteiger partial charge in [0.1, 0.15) is 0 Å². The van der Waals surface area contributed by atoms with Crippen LogP contribution in [0.2, 0.25) is 0 Å². The van der Waals surface area contributed by atoms with Crippen molar-refractivity contribution in [1.29, 1.82) is 0 Å². The van der Waals surface area contributed by atoms with E-state index < -0.39 is 0 Å². The third kappa shape index (κ3) is 3.78. The molecule has 0 spiro atoms. The van der Waals surface area contributed by atoms with E-state index in [2.05, 4.69) is 57.8 Å². The zero-order valence-corrected chi connectivity index (χ0v) is 15.9. The molecule has 3 aromatic heterocycles. The predicted octanol–water partition coefficient (Wildman–Crippen LogP) is 4.47. The number of aromatic nitrogens is 2. The molecular weight excluding hydrogens is 354 g/mol. The van der Waals surface area contributed by atoms with Gasteiger partial charge in [-0.05, 0) is 34.7 Å². The van der Waals surface area contributed by atoms with E-state index in [-0.39, 0.29) is 11.8 Å². The molecule has 0 aliphatic rings. The molecule has 1 atom stereocenters. The molecule has 1 N–H and O–H groups in total. The van der Waals surface area contributed by atoms with Crippen LogP contribution in [0.25, 0.3) is 10.9 Å². The first-order valence-electron chi connectivity index (χ1n) is 8.95. The lowest BCUT2D eigenvalue weighted by Gasteiger charge is -2.15. The summed E-state index contributed by atoms with van der Waals surface area (Å²) in [6, 6.07) is 16.4. The number of fused-ring (bicyclic) bond motifs is 1. The molecule has 1 aromatic carbocycles. The molecule has 0 bridgehead atoms. The molecule has 1 amide bonds. The number of benzene rings is 1. The van der Waals surface area contributed by atoms with Crippen LogP contribution >= 0.6 is 11.3 Å². The molecule has 4 nitrogen and oxygen atoms in total. The van der Waals surface area contributed by atoms with Gasteiger partial charge in [-0.15, -0.1) is 11.3 Å². The number of aryl methyl sites for hydroxylation is 1. The van der Waals surface area contributed by atoms with Gasteiger partial charge >= 0.3 is 0 Å². The molecule has 4 rings (SSSR count). The maximum Gasteiger partial charge on any atom is 0.221 e. The van der Waals surface area contributed by atoms with Crippen LogP contribution in [0.4, 0.5) is 0 Å². The number of carbonyl (C=O) groups is 1. The SMILES string of the molecule is Cn1cc(C(CC(=O)NCc2cccnc2)c2cccs2)c2ccccc21. The molecule has 0 radical (unpaired) electrons. The van der Waals surface area contributed by atoms with Crippen molar-refractivity contribution in [2.45, 2.75) is 18.9 Å². The average Bonchev–Trinajstić information content (AvgIpc) is 3.34. The summed E-state index contributed by atoms with van der Waals surface area (Å²) >= 11 is 1.70. The van der Waals surface area contributed by atoms with E-state index in [1.807, 2.05) is 24.3 Å². The van der Waals surface area contributed by atoms with Crippen molar-refractivity contribution < 1.29 is 4.79 Å². The van der Waals surface area contributed by atoms with E-state index in [1.54, 1.807) is 23.7 Å². The molecule has 0 aliphatic heterocycles. The zero-order chi connectivity index (χ0) is 18.6. The summed E-state index contributed by atoms with van der Waals surface area (Å²) in [5.41, 5.74) is 3.39. The van der Waals surface area contributed by atoms with Gasteiger partial charge in [0.2, 0.25) is 5.91 Å². The fourth-order valence-electron chi connectivity index (χ4n) is 3.46. The highest BCUT2D eigenvalue weighted by atomic mass is 32.1. The van der Waals surface area contributed by atoms with E-state index in [0.29, 0.717) is 13.0 Å². The van der Waals surface area contributed by atoms with Gasteiger partial charge in [-0.3, -0.25) is 9.78 Å². The second kappa shape index (κ2) is 7.76. The topological polar surface area (TPSA) is 46.9 Å². The first-order chi connectivity index (χ1) is 13.2. The highest BCUT2D eigenvalue weighted by molar-refractivity contribution is 7.10. The molecule has 27 heavy (non-hydrogen) atoms. The van der Waals surface area contributed by atoms with Crippen molar-refractivity contribution in [2.75, 3.05) is 0 Å². The Morgan fingerprint density at radius 1 is 1.19 bits per heavy atom. The Kier molecular flexibility index (Phi) is 5.03. The third-order valence-corrected chi connectivity index (χ3v) is 5.78. The van der Waals surface area contributed by atoms with Crippen LogP contribution in [0.15, 0.2) is 72.5 Å². The van der Waals surface area contributed by atoms with Gasteiger partial charge in [0.25, 0.3) is 0 Å². The third-order valence-electron chi connectivity index (χ3n) is 4.79. The van der Waals surface area contributed by atoms with E-state index in [9.17, 15) is 4.79 Å². The van der Waals surface area contributed by atoms with Crippen LogP contribution < -0.4 is 5.32 Å². The van der Waals surface area contributed by atoms with Gasteiger partial charge < -0.3 is 9.88 Å². The van der Waals surface area contributed by atoms with Crippen LogP contribution in [0, 0.1) is 0 Å². The Morgan fingerprint density at radius 3 is 2.85 bits per heavy atom. The first-order valence-corrected chi connectivity index (χ1v) is 9.83. The second-order valence-electron chi connectivity index (χ2n) is 6.62. The average molecular weight is 375 g/mol. The van der Waals surface area contributed by atoms with Crippen molar-refractivity contribution in [3.8, 4) is 0 Å². The normalized spacial score (nSPS) is 12.2. The first kappa shape index (κ1) is 17.5. The largest absolute Gasteiger partial charge is 0.352 e. The Labute approximate surface area is 162 Å². The van der Waals surface area contributed by atoms with Gasteiger partial charge in [-0.25, -0.2) is 0 Å². The van der Waals surface area contributed by atoms with Gasteiger partial charge in [0.15, 0.2) is 0 Å². The molecule has 3 heterocycles. The molecule has 136 valence electrons. The molecule has 0 saturated carbocycles. The number of amides is 1. The summed E-state index contributed by atoms with van der Waals surface area (Å²) in [6.45, 7) is 0.499. The summed E-state index contributed by atoms with van der Waals surface area (Å²) < 4.78 is 2.14. The molecule has 4 aromatic rings. The number of carbonyl (C=O) groups excluding carboxylic acids is 1. The van der Waals surface area contributed by atoms with E-state index in [1.165, 1.54) is 21.3 Å². The van der Waals surface area contributed by atoms with E-state index >= 15 is 0 Å². The Hall–Kier alpha value is -2.92. The van der Waals surface area contributed by atoms with Gasteiger partial charge in [-0.1, -0.05) is 30.3 Å².